The lowest BCUT2D eigenvalue weighted by Gasteiger charge is -1.99. The molecular weight excluding hydrogens is 270 g/mol. The normalized spacial score (nSPS) is 11.0. The van der Waals surface area contributed by atoms with E-state index < -0.39 is 5.97 Å². The zero-order valence-electron chi connectivity index (χ0n) is 9.50. The van der Waals surface area contributed by atoms with Gasteiger partial charge in [-0.1, -0.05) is 0 Å². The molecule has 7 heteroatoms. The van der Waals surface area contributed by atoms with Crippen molar-refractivity contribution in [1.29, 1.82) is 0 Å². The van der Waals surface area contributed by atoms with Gasteiger partial charge in [-0.2, -0.15) is 0 Å². The topological polar surface area (TPSA) is 93.8 Å². The Bertz CT molecular complexity index is 791. The third-order valence-electron chi connectivity index (χ3n) is 2.66. The van der Waals surface area contributed by atoms with E-state index in [4.69, 9.17) is 26.9 Å². The molecule has 0 radical (unpaired) electrons. The van der Waals surface area contributed by atoms with Crippen molar-refractivity contribution in [1.82, 2.24) is 9.38 Å². The summed E-state index contributed by atoms with van der Waals surface area (Å²) in [4.78, 5) is 15.3. The Labute approximate surface area is 112 Å². The van der Waals surface area contributed by atoms with Crippen LogP contribution in [0.2, 0.25) is 5.22 Å². The summed E-state index contributed by atoms with van der Waals surface area (Å²) in [6.07, 6.45) is 1.63. The molecular formula is C12H8ClN3O3. The van der Waals surface area contributed by atoms with Crippen LogP contribution in [0.5, 0.6) is 0 Å². The molecule has 0 aromatic carbocycles. The Kier molecular flexibility index (Phi) is 2.46. The molecule has 96 valence electrons. The summed E-state index contributed by atoms with van der Waals surface area (Å²) in [5.41, 5.74) is 6.43. The molecule has 0 spiro atoms. The van der Waals surface area contributed by atoms with E-state index in [2.05, 4.69) is 4.98 Å². The highest BCUT2D eigenvalue weighted by Gasteiger charge is 2.19. The van der Waals surface area contributed by atoms with Gasteiger partial charge in [0.05, 0.1) is 5.52 Å². The average Bonchev–Trinajstić information content (AvgIpc) is 2.92. The summed E-state index contributed by atoms with van der Waals surface area (Å²) < 4.78 is 6.85. The van der Waals surface area contributed by atoms with Crippen LogP contribution in [-0.4, -0.2) is 20.5 Å². The molecule has 0 bridgehead atoms. The number of carboxylic acid groups (broad SMARTS) is 1. The predicted octanol–water partition coefficient (Wildman–Crippen LogP) is 2.53. The summed E-state index contributed by atoms with van der Waals surface area (Å²) in [7, 11) is 0. The summed E-state index contributed by atoms with van der Waals surface area (Å²) in [5, 5.41) is 9.37. The van der Waals surface area contributed by atoms with E-state index in [-0.39, 0.29) is 10.9 Å². The number of imidazole rings is 1. The van der Waals surface area contributed by atoms with Gasteiger partial charge in [-0.25, -0.2) is 9.78 Å². The Morgan fingerprint density at radius 2 is 2.21 bits per heavy atom. The molecule has 0 unspecified atom stereocenters. The SMILES string of the molecule is Nc1ccn2c(-c3ccc(Cl)o3)nc(C(=O)O)c2c1. The highest BCUT2D eigenvalue weighted by Crippen LogP contribution is 2.27. The number of halogens is 1. The van der Waals surface area contributed by atoms with Gasteiger partial charge >= 0.3 is 5.97 Å². The van der Waals surface area contributed by atoms with Gasteiger partial charge < -0.3 is 15.3 Å². The highest BCUT2D eigenvalue weighted by molar-refractivity contribution is 6.28. The minimum atomic E-state index is -1.13. The van der Waals surface area contributed by atoms with Crippen molar-refractivity contribution in [2.24, 2.45) is 0 Å². The Morgan fingerprint density at radius 1 is 1.42 bits per heavy atom. The third-order valence-corrected chi connectivity index (χ3v) is 2.87. The van der Waals surface area contributed by atoms with Crippen LogP contribution in [0.4, 0.5) is 5.69 Å². The van der Waals surface area contributed by atoms with Gasteiger partial charge in [0.1, 0.15) is 0 Å². The summed E-state index contributed by atoms with van der Waals surface area (Å²) in [6, 6.07) is 6.38. The van der Waals surface area contributed by atoms with Gasteiger partial charge in [0.2, 0.25) is 0 Å². The minimum absolute atomic E-state index is 0.0881. The van der Waals surface area contributed by atoms with Crippen molar-refractivity contribution in [2.45, 2.75) is 0 Å². The van der Waals surface area contributed by atoms with Crippen LogP contribution < -0.4 is 5.73 Å². The zero-order chi connectivity index (χ0) is 13.6. The molecule has 0 atom stereocenters. The molecule has 0 fully saturated rings. The number of nitrogen functional groups attached to an aromatic ring is 1. The first-order chi connectivity index (χ1) is 9.06. The van der Waals surface area contributed by atoms with Crippen LogP contribution in [-0.2, 0) is 0 Å². The average molecular weight is 278 g/mol. The lowest BCUT2D eigenvalue weighted by Crippen LogP contribution is -1.97. The number of nitrogens with two attached hydrogens (primary N) is 1. The van der Waals surface area contributed by atoms with Crippen molar-refractivity contribution in [3.05, 3.63) is 41.4 Å². The second kappa shape index (κ2) is 4.03. The molecule has 3 N–H and O–H groups in total. The number of rotatable bonds is 2. The predicted molar refractivity (Wildman–Crippen MR) is 69.3 cm³/mol. The number of pyridine rings is 1. The lowest BCUT2D eigenvalue weighted by molar-refractivity contribution is 0.0693. The lowest BCUT2D eigenvalue weighted by atomic mass is 10.3. The number of carbonyl (C=O) groups is 1. The van der Waals surface area contributed by atoms with Gasteiger partial charge in [-0.3, -0.25) is 4.40 Å². The standard InChI is InChI=1S/C12H8ClN3O3/c13-9-2-1-8(19-9)11-15-10(12(17)18)7-5-6(14)3-4-16(7)11/h1-5H,14H2,(H,17,18). The number of hydrogen-bond donors (Lipinski definition) is 2. The van der Waals surface area contributed by atoms with E-state index in [9.17, 15) is 4.79 Å². The molecule has 3 aromatic rings. The van der Waals surface area contributed by atoms with Gasteiger partial charge in [-0.15, -0.1) is 0 Å². The minimum Gasteiger partial charge on any atom is -0.476 e. The van der Waals surface area contributed by atoms with Crippen LogP contribution in [0.15, 0.2) is 34.9 Å². The van der Waals surface area contributed by atoms with Crippen molar-refractivity contribution < 1.29 is 14.3 Å². The first-order valence-electron chi connectivity index (χ1n) is 5.33. The van der Waals surface area contributed by atoms with Crippen LogP contribution >= 0.6 is 11.6 Å². The number of aromatic nitrogens is 2. The summed E-state index contributed by atoms with van der Waals surface area (Å²) >= 11 is 5.72. The number of nitrogens with zero attached hydrogens (tertiary/aromatic N) is 2. The molecule has 0 aliphatic heterocycles. The molecule has 0 saturated carbocycles. The van der Waals surface area contributed by atoms with Gasteiger partial charge in [0.15, 0.2) is 22.5 Å². The quantitative estimate of drug-likeness (QED) is 0.750. The largest absolute Gasteiger partial charge is 0.476 e. The molecule has 3 rings (SSSR count). The number of hydrogen-bond acceptors (Lipinski definition) is 4. The van der Waals surface area contributed by atoms with Crippen LogP contribution in [0.25, 0.3) is 17.1 Å². The summed E-state index contributed by atoms with van der Waals surface area (Å²) in [5.74, 6) is -0.386. The molecule has 3 aromatic heterocycles. The maximum absolute atomic E-state index is 11.2. The van der Waals surface area contributed by atoms with Crippen molar-refractivity contribution >= 4 is 28.8 Å². The van der Waals surface area contributed by atoms with Crippen molar-refractivity contribution in [3.8, 4) is 11.6 Å². The fourth-order valence-corrected chi connectivity index (χ4v) is 2.01. The van der Waals surface area contributed by atoms with Gasteiger partial charge in [0.25, 0.3) is 0 Å². The maximum Gasteiger partial charge on any atom is 0.356 e. The first-order valence-corrected chi connectivity index (χ1v) is 5.70. The number of furan rings is 1. The smallest absolute Gasteiger partial charge is 0.356 e. The number of anilines is 1. The van der Waals surface area contributed by atoms with E-state index >= 15 is 0 Å². The van der Waals surface area contributed by atoms with Crippen molar-refractivity contribution in [2.75, 3.05) is 5.73 Å². The third kappa shape index (κ3) is 1.82. The molecule has 0 amide bonds. The van der Waals surface area contributed by atoms with E-state index in [0.717, 1.165) is 0 Å². The van der Waals surface area contributed by atoms with Crippen molar-refractivity contribution in [3.63, 3.8) is 0 Å². The molecule has 0 aliphatic rings. The fourth-order valence-electron chi connectivity index (χ4n) is 1.87. The molecule has 3 heterocycles. The first kappa shape index (κ1) is 11.6. The molecule has 0 saturated heterocycles. The number of aromatic carboxylic acids is 1. The molecule has 6 nitrogen and oxygen atoms in total. The molecule has 19 heavy (non-hydrogen) atoms. The fraction of sp³-hybridized carbons (Fsp3) is 0. The number of fused-ring (bicyclic) bond motifs is 1. The second-order valence-corrected chi connectivity index (χ2v) is 4.28. The Morgan fingerprint density at radius 3 is 2.84 bits per heavy atom. The second-order valence-electron chi connectivity index (χ2n) is 3.91. The van der Waals surface area contributed by atoms with Crippen LogP contribution in [0.3, 0.4) is 0 Å². The van der Waals surface area contributed by atoms with Crippen LogP contribution in [0.1, 0.15) is 10.5 Å². The zero-order valence-corrected chi connectivity index (χ0v) is 10.3. The van der Waals surface area contributed by atoms with E-state index in [0.29, 0.717) is 22.8 Å². The highest BCUT2D eigenvalue weighted by atomic mass is 35.5. The van der Waals surface area contributed by atoms with E-state index in [1.54, 1.807) is 34.9 Å². The van der Waals surface area contributed by atoms with Gasteiger partial charge in [-0.05, 0) is 35.9 Å². The number of carboxylic acids is 1. The van der Waals surface area contributed by atoms with Gasteiger partial charge in [0, 0.05) is 11.9 Å². The van der Waals surface area contributed by atoms with E-state index in [1.807, 2.05) is 0 Å². The van der Waals surface area contributed by atoms with Crippen LogP contribution in [0, 0.1) is 0 Å². The van der Waals surface area contributed by atoms with E-state index in [1.165, 1.54) is 0 Å². The monoisotopic (exact) mass is 277 g/mol. The summed E-state index contributed by atoms with van der Waals surface area (Å²) in [6.45, 7) is 0. The Balaban J connectivity index is 2.34. The Hall–Kier alpha value is -2.47. The maximum atomic E-state index is 11.2. The molecule has 0 aliphatic carbocycles.